The molecule has 2 aromatic carbocycles. The zero-order valence-electron chi connectivity index (χ0n) is 11.2. The lowest BCUT2D eigenvalue weighted by atomic mass is 10.1. The second-order valence-corrected chi connectivity index (χ2v) is 4.76. The van der Waals surface area contributed by atoms with E-state index in [4.69, 9.17) is 0 Å². The third-order valence-electron chi connectivity index (χ3n) is 3.21. The van der Waals surface area contributed by atoms with Crippen LogP contribution in [0.1, 0.15) is 11.4 Å². The van der Waals surface area contributed by atoms with E-state index in [2.05, 4.69) is 66.6 Å². The molecule has 1 aromatic heterocycles. The maximum atomic E-state index is 4.53. The molecule has 0 spiro atoms. The zero-order chi connectivity index (χ0) is 13.2. The second kappa shape index (κ2) is 4.73. The number of hydrogen-bond acceptors (Lipinski definition) is 1. The normalized spacial score (nSPS) is 10.6. The summed E-state index contributed by atoms with van der Waals surface area (Å²) < 4.78 is 1.99. The van der Waals surface area contributed by atoms with Gasteiger partial charge in [0, 0.05) is 5.69 Å². The van der Waals surface area contributed by atoms with Crippen LogP contribution in [0, 0.1) is 13.8 Å². The highest BCUT2D eigenvalue weighted by molar-refractivity contribution is 5.65. The summed E-state index contributed by atoms with van der Waals surface area (Å²) in [5.74, 6) is 0. The van der Waals surface area contributed by atoms with Crippen molar-refractivity contribution in [2.75, 3.05) is 0 Å². The van der Waals surface area contributed by atoms with Crippen molar-refractivity contribution in [2.45, 2.75) is 13.8 Å². The highest BCUT2D eigenvalue weighted by Gasteiger charge is 2.05. The van der Waals surface area contributed by atoms with Gasteiger partial charge in [-0.1, -0.05) is 42.5 Å². The Morgan fingerprint density at radius 3 is 2.21 bits per heavy atom. The number of aromatic nitrogens is 2. The molecule has 94 valence electrons. The molecule has 0 atom stereocenters. The third kappa shape index (κ3) is 2.29. The monoisotopic (exact) mass is 248 g/mol. The number of rotatable bonds is 2. The van der Waals surface area contributed by atoms with Crippen LogP contribution in [-0.4, -0.2) is 9.78 Å². The van der Waals surface area contributed by atoms with Crippen LogP contribution in [0.3, 0.4) is 0 Å². The van der Waals surface area contributed by atoms with Gasteiger partial charge >= 0.3 is 0 Å². The Kier molecular flexibility index (Phi) is 2.92. The molecular weight excluding hydrogens is 232 g/mol. The largest absolute Gasteiger partial charge is 0.238 e. The lowest BCUT2D eigenvalue weighted by Gasteiger charge is -2.07. The Bertz CT molecular complexity index is 696. The molecule has 0 aliphatic carbocycles. The highest BCUT2D eigenvalue weighted by Crippen LogP contribution is 2.22. The topological polar surface area (TPSA) is 17.8 Å². The van der Waals surface area contributed by atoms with Gasteiger partial charge in [-0.3, -0.25) is 0 Å². The van der Waals surface area contributed by atoms with Gasteiger partial charge in [-0.15, -0.1) is 0 Å². The molecule has 19 heavy (non-hydrogen) atoms. The molecule has 0 saturated carbocycles. The summed E-state index contributed by atoms with van der Waals surface area (Å²) in [5.41, 5.74) is 5.74. The van der Waals surface area contributed by atoms with Crippen LogP contribution >= 0.6 is 0 Å². The number of aryl methyl sites for hydroxylation is 2. The SMILES string of the molecule is Cc1cc(C)n(-c2cccc(-c3ccccc3)c2)n1. The second-order valence-electron chi connectivity index (χ2n) is 4.76. The smallest absolute Gasteiger partial charge is 0.0654 e. The molecule has 0 aliphatic heterocycles. The van der Waals surface area contributed by atoms with E-state index in [0.29, 0.717) is 0 Å². The fourth-order valence-corrected chi connectivity index (χ4v) is 2.34. The van der Waals surface area contributed by atoms with Crippen LogP contribution in [0.5, 0.6) is 0 Å². The molecule has 3 aromatic rings. The minimum atomic E-state index is 1.04. The maximum Gasteiger partial charge on any atom is 0.0654 e. The van der Waals surface area contributed by atoms with E-state index in [0.717, 1.165) is 17.1 Å². The van der Waals surface area contributed by atoms with Crippen molar-refractivity contribution in [3.63, 3.8) is 0 Å². The fourth-order valence-electron chi connectivity index (χ4n) is 2.34. The van der Waals surface area contributed by atoms with E-state index in [9.17, 15) is 0 Å². The summed E-state index contributed by atoms with van der Waals surface area (Å²) >= 11 is 0. The summed E-state index contributed by atoms with van der Waals surface area (Å²) in [6.07, 6.45) is 0. The van der Waals surface area contributed by atoms with Crippen molar-refractivity contribution >= 4 is 0 Å². The predicted octanol–water partition coefficient (Wildman–Crippen LogP) is 4.16. The van der Waals surface area contributed by atoms with Gasteiger partial charge in [-0.2, -0.15) is 5.10 Å². The molecule has 3 rings (SSSR count). The Morgan fingerprint density at radius 2 is 1.53 bits per heavy atom. The van der Waals surface area contributed by atoms with Crippen molar-refractivity contribution in [1.82, 2.24) is 9.78 Å². The predicted molar refractivity (Wildman–Crippen MR) is 78.5 cm³/mol. The van der Waals surface area contributed by atoms with Crippen LogP contribution in [0.2, 0.25) is 0 Å². The molecule has 0 unspecified atom stereocenters. The first-order chi connectivity index (χ1) is 9.24. The molecular formula is C17H16N2. The van der Waals surface area contributed by atoms with E-state index < -0.39 is 0 Å². The quantitative estimate of drug-likeness (QED) is 0.666. The van der Waals surface area contributed by atoms with Gasteiger partial charge in [0.15, 0.2) is 0 Å². The number of benzene rings is 2. The van der Waals surface area contributed by atoms with Crippen molar-refractivity contribution in [3.8, 4) is 16.8 Å². The maximum absolute atomic E-state index is 4.53. The molecule has 2 heteroatoms. The van der Waals surface area contributed by atoms with E-state index in [1.807, 2.05) is 17.7 Å². The van der Waals surface area contributed by atoms with Crippen molar-refractivity contribution in [3.05, 3.63) is 72.1 Å². The fraction of sp³-hybridized carbons (Fsp3) is 0.118. The van der Waals surface area contributed by atoms with E-state index >= 15 is 0 Å². The Morgan fingerprint density at radius 1 is 0.789 bits per heavy atom. The summed E-state index contributed by atoms with van der Waals surface area (Å²) in [4.78, 5) is 0. The first-order valence-corrected chi connectivity index (χ1v) is 6.43. The minimum absolute atomic E-state index is 1.04. The van der Waals surface area contributed by atoms with Crippen molar-refractivity contribution in [2.24, 2.45) is 0 Å². The number of nitrogens with zero attached hydrogens (tertiary/aromatic N) is 2. The molecule has 0 bridgehead atoms. The van der Waals surface area contributed by atoms with E-state index in [1.165, 1.54) is 11.1 Å². The summed E-state index contributed by atoms with van der Waals surface area (Å²) in [7, 11) is 0. The molecule has 2 nitrogen and oxygen atoms in total. The van der Waals surface area contributed by atoms with E-state index in [1.54, 1.807) is 0 Å². The standard InChI is InChI=1S/C17H16N2/c1-13-11-14(2)19(18-13)17-10-6-9-16(12-17)15-7-4-3-5-8-15/h3-12H,1-2H3. The molecule has 1 heterocycles. The minimum Gasteiger partial charge on any atom is -0.238 e. The van der Waals surface area contributed by atoms with Gasteiger partial charge in [0.05, 0.1) is 11.4 Å². The summed E-state index contributed by atoms with van der Waals surface area (Å²) in [6.45, 7) is 4.10. The number of hydrogen-bond donors (Lipinski definition) is 0. The molecule has 0 amide bonds. The molecule has 0 aliphatic rings. The Labute approximate surface area is 113 Å². The van der Waals surface area contributed by atoms with Gasteiger partial charge in [0.2, 0.25) is 0 Å². The lowest BCUT2D eigenvalue weighted by molar-refractivity contribution is 0.834. The first-order valence-electron chi connectivity index (χ1n) is 6.43. The lowest BCUT2D eigenvalue weighted by Crippen LogP contribution is -1.98. The van der Waals surface area contributed by atoms with Crippen LogP contribution in [0.25, 0.3) is 16.8 Å². The summed E-state index contributed by atoms with van der Waals surface area (Å²) in [6, 6.07) is 21.0. The average molecular weight is 248 g/mol. The van der Waals surface area contributed by atoms with Crippen LogP contribution < -0.4 is 0 Å². The van der Waals surface area contributed by atoms with Gasteiger partial charge in [-0.05, 0) is 43.2 Å². The van der Waals surface area contributed by atoms with Crippen LogP contribution in [0.15, 0.2) is 60.7 Å². The van der Waals surface area contributed by atoms with Gasteiger partial charge in [0.25, 0.3) is 0 Å². The zero-order valence-corrected chi connectivity index (χ0v) is 11.2. The van der Waals surface area contributed by atoms with Gasteiger partial charge < -0.3 is 0 Å². The average Bonchev–Trinajstić information content (AvgIpc) is 2.79. The highest BCUT2D eigenvalue weighted by atomic mass is 15.3. The summed E-state index contributed by atoms with van der Waals surface area (Å²) in [5, 5.41) is 4.53. The van der Waals surface area contributed by atoms with Gasteiger partial charge in [0.1, 0.15) is 0 Å². The molecule has 0 saturated heterocycles. The van der Waals surface area contributed by atoms with Crippen LogP contribution in [-0.2, 0) is 0 Å². The molecule has 0 fully saturated rings. The van der Waals surface area contributed by atoms with Crippen molar-refractivity contribution in [1.29, 1.82) is 0 Å². The third-order valence-corrected chi connectivity index (χ3v) is 3.21. The molecule has 0 N–H and O–H groups in total. The first kappa shape index (κ1) is 11.7. The van der Waals surface area contributed by atoms with E-state index in [-0.39, 0.29) is 0 Å². The molecule has 0 radical (unpaired) electrons. The van der Waals surface area contributed by atoms with Gasteiger partial charge in [-0.25, -0.2) is 4.68 Å². The Hall–Kier alpha value is -2.35. The van der Waals surface area contributed by atoms with Crippen molar-refractivity contribution < 1.29 is 0 Å². The Balaban J connectivity index is 2.08. The van der Waals surface area contributed by atoms with Crippen LogP contribution in [0.4, 0.5) is 0 Å².